The number of nitrogens with one attached hydrogen (secondary N) is 1. The molecule has 2 rings (SSSR count). The second-order valence-corrected chi connectivity index (χ2v) is 4.98. The van der Waals surface area contributed by atoms with Gasteiger partial charge in [-0.2, -0.15) is 0 Å². The first kappa shape index (κ1) is 15.0. The van der Waals surface area contributed by atoms with Crippen LogP contribution in [0, 0.1) is 0 Å². The Hall–Kier alpha value is -2.37. The molecule has 0 bridgehead atoms. The van der Waals surface area contributed by atoms with Crippen LogP contribution in [0.4, 0.5) is 0 Å². The van der Waals surface area contributed by atoms with Crippen molar-refractivity contribution in [3.05, 3.63) is 35.9 Å². The molecule has 1 fully saturated rings. The molecule has 21 heavy (non-hydrogen) atoms. The highest BCUT2D eigenvalue weighted by atomic mass is 16.5. The van der Waals surface area contributed by atoms with Crippen molar-refractivity contribution < 1.29 is 19.1 Å². The Labute approximate surface area is 123 Å². The van der Waals surface area contributed by atoms with Crippen molar-refractivity contribution in [3.63, 3.8) is 0 Å². The molecule has 1 aromatic carbocycles. The van der Waals surface area contributed by atoms with E-state index in [0.717, 1.165) is 5.56 Å². The molecule has 1 aliphatic heterocycles. The fraction of sp³-hybridized carbons (Fsp3) is 0.400. The second kappa shape index (κ2) is 5.95. The number of benzene rings is 1. The van der Waals surface area contributed by atoms with Crippen LogP contribution in [-0.4, -0.2) is 41.9 Å². The Morgan fingerprint density at radius 3 is 2.43 bits per heavy atom. The van der Waals surface area contributed by atoms with Gasteiger partial charge in [-0.05, 0) is 12.5 Å². The Morgan fingerprint density at radius 1 is 1.29 bits per heavy atom. The molecule has 2 amide bonds. The maximum Gasteiger partial charge on any atom is 0.328 e. The quantitative estimate of drug-likeness (QED) is 0.652. The SMILES string of the molecule is COC(=O)C(C)N1C(=O)C(NC(C)=O)C1c1ccccc1. The molecule has 1 saturated heterocycles. The molecule has 0 radical (unpaired) electrons. The van der Waals surface area contributed by atoms with Crippen molar-refractivity contribution >= 4 is 17.8 Å². The second-order valence-electron chi connectivity index (χ2n) is 4.98. The van der Waals surface area contributed by atoms with E-state index in [4.69, 9.17) is 4.74 Å². The van der Waals surface area contributed by atoms with Crippen LogP contribution in [0.3, 0.4) is 0 Å². The zero-order valence-corrected chi connectivity index (χ0v) is 12.2. The molecule has 1 heterocycles. The van der Waals surface area contributed by atoms with Gasteiger partial charge in [-0.15, -0.1) is 0 Å². The summed E-state index contributed by atoms with van der Waals surface area (Å²) >= 11 is 0. The zero-order chi connectivity index (χ0) is 15.6. The molecule has 6 nitrogen and oxygen atoms in total. The third kappa shape index (κ3) is 2.74. The molecule has 3 unspecified atom stereocenters. The third-order valence-corrected chi connectivity index (χ3v) is 3.60. The lowest BCUT2D eigenvalue weighted by molar-refractivity contribution is -0.167. The maximum absolute atomic E-state index is 12.2. The van der Waals surface area contributed by atoms with Gasteiger partial charge in [0.25, 0.3) is 0 Å². The van der Waals surface area contributed by atoms with E-state index in [2.05, 4.69) is 5.32 Å². The van der Waals surface area contributed by atoms with E-state index < -0.39 is 18.1 Å². The number of methoxy groups -OCH3 is 1. The average Bonchev–Trinajstić information content (AvgIpc) is 2.49. The van der Waals surface area contributed by atoms with Gasteiger partial charge in [0.2, 0.25) is 11.8 Å². The van der Waals surface area contributed by atoms with Crippen molar-refractivity contribution in [1.29, 1.82) is 0 Å². The molecular weight excluding hydrogens is 272 g/mol. The molecule has 0 spiro atoms. The molecule has 112 valence electrons. The molecular formula is C15H18N2O4. The predicted molar refractivity (Wildman–Crippen MR) is 75.1 cm³/mol. The van der Waals surface area contributed by atoms with Crippen LogP contribution < -0.4 is 5.32 Å². The van der Waals surface area contributed by atoms with E-state index in [1.165, 1.54) is 18.9 Å². The van der Waals surface area contributed by atoms with E-state index in [-0.39, 0.29) is 17.9 Å². The van der Waals surface area contributed by atoms with E-state index >= 15 is 0 Å². The van der Waals surface area contributed by atoms with Crippen molar-refractivity contribution in [2.75, 3.05) is 7.11 Å². The summed E-state index contributed by atoms with van der Waals surface area (Å²) in [6.07, 6.45) is 0. The van der Waals surface area contributed by atoms with Gasteiger partial charge in [-0.25, -0.2) is 4.79 Å². The minimum Gasteiger partial charge on any atom is -0.467 e. The van der Waals surface area contributed by atoms with Gasteiger partial charge in [0, 0.05) is 6.92 Å². The van der Waals surface area contributed by atoms with E-state index in [1.807, 2.05) is 30.3 Å². The predicted octanol–water partition coefficient (Wildman–Crippen LogP) is 0.636. The molecule has 3 atom stereocenters. The molecule has 0 aliphatic carbocycles. The van der Waals surface area contributed by atoms with Gasteiger partial charge in [-0.1, -0.05) is 30.3 Å². The molecule has 0 saturated carbocycles. The summed E-state index contributed by atoms with van der Waals surface area (Å²) in [6, 6.07) is 7.59. The summed E-state index contributed by atoms with van der Waals surface area (Å²) in [5.41, 5.74) is 0.867. The van der Waals surface area contributed by atoms with E-state index in [0.29, 0.717) is 0 Å². The summed E-state index contributed by atoms with van der Waals surface area (Å²) in [5.74, 6) is -1.04. The Kier molecular flexibility index (Phi) is 4.26. The minimum atomic E-state index is -0.697. The number of carbonyl (C=O) groups excluding carboxylic acids is 3. The number of carbonyl (C=O) groups is 3. The summed E-state index contributed by atoms with van der Waals surface area (Å²) in [7, 11) is 1.28. The lowest BCUT2D eigenvalue weighted by Crippen LogP contribution is -2.68. The van der Waals surface area contributed by atoms with Crippen LogP contribution in [0.15, 0.2) is 30.3 Å². The monoisotopic (exact) mass is 290 g/mol. The third-order valence-electron chi connectivity index (χ3n) is 3.60. The minimum absolute atomic E-state index is 0.278. The van der Waals surface area contributed by atoms with Crippen LogP contribution in [0.25, 0.3) is 0 Å². The van der Waals surface area contributed by atoms with Crippen LogP contribution in [0.2, 0.25) is 0 Å². The van der Waals surface area contributed by atoms with Gasteiger partial charge in [0.15, 0.2) is 0 Å². The molecule has 0 aromatic heterocycles. The van der Waals surface area contributed by atoms with Crippen LogP contribution in [-0.2, 0) is 19.1 Å². The highest BCUT2D eigenvalue weighted by Gasteiger charge is 2.52. The number of β-lactam (4-membered cyclic amide) rings is 1. The van der Waals surface area contributed by atoms with E-state index in [9.17, 15) is 14.4 Å². The fourth-order valence-electron chi connectivity index (χ4n) is 2.59. The van der Waals surface area contributed by atoms with Gasteiger partial charge >= 0.3 is 5.97 Å². The number of nitrogens with zero attached hydrogens (tertiary/aromatic N) is 1. The lowest BCUT2D eigenvalue weighted by atomic mass is 9.86. The number of ether oxygens (including phenoxy) is 1. The Morgan fingerprint density at radius 2 is 1.90 bits per heavy atom. The lowest BCUT2D eigenvalue weighted by Gasteiger charge is -2.49. The number of esters is 1. The summed E-state index contributed by atoms with van der Waals surface area (Å²) < 4.78 is 4.70. The van der Waals surface area contributed by atoms with Crippen molar-refractivity contribution in [2.24, 2.45) is 0 Å². The van der Waals surface area contributed by atoms with Gasteiger partial charge in [0.1, 0.15) is 12.1 Å². The van der Waals surface area contributed by atoms with Gasteiger partial charge < -0.3 is 15.0 Å². The number of amides is 2. The Balaban J connectivity index is 2.30. The number of likely N-dealkylation sites (tertiary alicyclic amines) is 1. The smallest absolute Gasteiger partial charge is 0.328 e. The number of hydrogen-bond acceptors (Lipinski definition) is 4. The van der Waals surface area contributed by atoms with Gasteiger partial charge in [-0.3, -0.25) is 9.59 Å². The highest BCUT2D eigenvalue weighted by Crippen LogP contribution is 2.36. The van der Waals surface area contributed by atoms with Crippen LogP contribution in [0.5, 0.6) is 0 Å². The molecule has 1 N–H and O–H groups in total. The maximum atomic E-state index is 12.2. The molecule has 6 heteroatoms. The topological polar surface area (TPSA) is 75.7 Å². The first-order valence-corrected chi connectivity index (χ1v) is 6.69. The highest BCUT2D eigenvalue weighted by molar-refractivity contribution is 5.96. The normalized spacial score (nSPS) is 22.2. The summed E-state index contributed by atoms with van der Waals surface area (Å²) in [6.45, 7) is 2.98. The first-order chi connectivity index (χ1) is 9.97. The standard InChI is InChI=1S/C15H18N2O4/c1-9(15(20)21-3)17-13(11-7-5-4-6-8-11)12(14(17)19)16-10(2)18/h4-9,12-13H,1-3H3,(H,16,18). The molecule has 1 aromatic rings. The summed E-state index contributed by atoms with van der Waals surface area (Å²) in [5, 5.41) is 2.64. The number of rotatable bonds is 4. The largest absolute Gasteiger partial charge is 0.467 e. The Bertz CT molecular complexity index is 558. The average molecular weight is 290 g/mol. The van der Waals surface area contributed by atoms with Crippen molar-refractivity contribution in [1.82, 2.24) is 10.2 Å². The van der Waals surface area contributed by atoms with Crippen LogP contribution >= 0.6 is 0 Å². The zero-order valence-electron chi connectivity index (χ0n) is 12.2. The fourth-order valence-corrected chi connectivity index (χ4v) is 2.59. The first-order valence-electron chi connectivity index (χ1n) is 6.69. The van der Waals surface area contributed by atoms with E-state index in [1.54, 1.807) is 6.92 Å². The van der Waals surface area contributed by atoms with Crippen molar-refractivity contribution in [2.45, 2.75) is 32.0 Å². The molecule has 1 aliphatic rings. The van der Waals surface area contributed by atoms with Crippen LogP contribution in [0.1, 0.15) is 25.5 Å². The van der Waals surface area contributed by atoms with Gasteiger partial charge in [0.05, 0.1) is 13.2 Å². The number of hydrogen-bond donors (Lipinski definition) is 1. The summed E-state index contributed by atoms with van der Waals surface area (Å²) in [4.78, 5) is 36.6. The van der Waals surface area contributed by atoms with Crippen molar-refractivity contribution in [3.8, 4) is 0 Å².